The van der Waals surface area contributed by atoms with Crippen molar-refractivity contribution in [3.8, 4) is 5.69 Å². The Morgan fingerprint density at radius 1 is 1.04 bits per heavy atom. The fraction of sp³-hybridized carbons (Fsp3) is 0.190. The molecule has 27 heavy (non-hydrogen) atoms. The Morgan fingerprint density at radius 3 is 2.63 bits per heavy atom. The number of aromatic amines is 1. The van der Waals surface area contributed by atoms with Crippen LogP contribution in [0, 0.1) is 0 Å². The van der Waals surface area contributed by atoms with Crippen LogP contribution in [0.25, 0.3) is 16.6 Å². The number of para-hydroxylation sites is 2. The molecule has 0 spiro atoms. The second-order valence-electron chi connectivity index (χ2n) is 6.46. The van der Waals surface area contributed by atoms with Gasteiger partial charge in [0.15, 0.2) is 0 Å². The number of aromatic nitrogens is 4. The van der Waals surface area contributed by atoms with Crippen molar-refractivity contribution < 1.29 is 0 Å². The lowest BCUT2D eigenvalue weighted by atomic mass is 10.2. The van der Waals surface area contributed by atoms with Gasteiger partial charge in [-0.15, -0.1) is 0 Å². The molecule has 1 N–H and O–H groups in total. The van der Waals surface area contributed by atoms with E-state index in [1.54, 1.807) is 6.07 Å². The highest BCUT2D eigenvalue weighted by molar-refractivity contribution is 5.77. The standard InChI is InChI=1S/C21H21N5O/c1-2-25(13-16-12-22-26(14-16)17-8-4-3-5-9-17)15-20-23-19-11-7-6-10-18(19)21(27)24-20/h3-12,14H,2,13,15H2,1H3,(H,23,24,27). The normalized spacial score (nSPS) is 11.3. The molecule has 136 valence electrons. The van der Waals surface area contributed by atoms with E-state index in [0.717, 1.165) is 29.9 Å². The second kappa shape index (κ2) is 7.55. The van der Waals surface area contributed by atoms with Crippen molar-refractivity contribution in [2.24, 2.45) is 0 Å². The third-order valence-corrected chi connectivity index (χ3v) is 4.55. The van der Waals surface area contributed by atoms with Crippen LogP contribution in [0.3, 0.4) is 0 Å². The Bertz CT molecular complexity index is 1100. The molecule has 2 aromatic heterocycles. The van der Waals surface area contributed by atoms with Crippen LogP contribution in [-0.2, 0) is 13.1 Å². The monoisotopic (exact) mass is 359 g/mol. The number of benzene rings is 2. The number of H-pyrrole nitrogens is 1. The third kappa shape index (κ3) is 3.80. The van der Waals surface area contributed by atoms with E-state index in [-0.39, 0.29) is 5.56 Å². The SMILES string of the molecule is CCN(Cc1cnn(-c2ccccc2)c1)Cc1nc2ccccc2c(=O)[nH]1. The van der Waals surface area contributed by atoms with E-state index < -0.39 is 0 Å². The van der Waals surface area contributed by atoms with Gasteiger partial charge in [-0.05, 0) is 30.8 Å². The van der Waals surface area contributed by atoms with Gasteiger partial charge >= 0.3 is 0 Å². The predicted molar refractivity (Wildman–Crippen MR) is 106 cm³/mol. The van der Waals surface area contributed by atoms with Crippen LogP contribution < -0.4 is 5.56 Å². The number of hydrogen-bond acceptors (Lipinski definition) is 4. The summed E-state index contributed by atoms with van der Waals surface area (Å²) in [5.74, 6) is 0.677. The molecule has 2 heterocycles. The summed E-state index contributed by atoms with van der Waals surface area (Å²) in [6.45, 7) is 4.25. The molecule has 4 rings (SSSR count). The van der Waals surface area contributed by atoms with Crippen molar-refractivity contribution in [2.45, 2.75) is 20.0 Å². The molecule has 0 atom stereocenters. The van der Waals surface area contributed by atoms with E-state index in [2.05, 4.69) is 26.9 Å². The molecule has 0 bridgehead atoms. The molecule has 0 amide bonds. The Morgan fingerprint density at radius 2 is 1.81 bits per heavy atom. The first-order valence-corrected chi connectivity index (χ1v) is 9.02. The van der Waals surface area contributed by atoms with Gasteiger partial charge in [-0.2, -0.15) is 5.10 Å². The number of fused-ring (bicyclic) bond motifs is 1. The lowest BCUT2D eigenvalue weighted by molar-refractivity contribution is 0.264. The third-order valence-electron chi connectivity index (χ3n) is 4.55. The van der Waals surface area contributed by atoms with Crippen molar-refractivity contribution in [3.63, 3.8) is 0 Å². The molecule has 0 saturated carbocycles. The second-order valence-corrected chi connectivity index (χ2v) is 6.46. The van der Waals surface area contributed by atoms with Crippen molar-refractivity contribution in [1.29, 1.82) is 0 Å². The topological polar surface area (TPSA) is 66.8 Å². The summed E-state index contributed by atoms with van der Waals surface area (Å²) in [5, 5.41) is 5.07. The number of nitrogens with one attached hydrogen (secondary N) is 1. The lowest BCUT2D eigenvalue weighted by Gasteiger charge is -2.19. The fourth-order valence-corrected chi connectivity index (χ4v) is 3.12. The van der Waals surface area contributed by atoms with Crippen LogP contribution in [0.15, 0.2) is 71.8 Å². The van der Waals surface area contributed by atoms with E-state index in [1.165, 1.54) is 0 Å². The molecule has 0 fully saturated rings. The maximum atomic E-state index is 12.3. The van der Waals surface area contributed by atoms with Gasteiger partial charge in [0.25, 0.3) is 5.56 Å². The van der Waals surface area contributed by atoms with Gasteiger partial charge in [0, 0.05) is 18.3 Å². The number of rotatable bonds is 6. The number of hydrogen-bond donors (Lipinski definition) is 1. The lowest BCUT2D eigenvalue weighted by Crippen LogP contribution is -2.25. The fourth-order valence-electron chi connectivity index (χ4n) is 3.12. The highest BCUT2D eigenvalue weighted by atomic mass is 16.1. The van der Waals surface area contributed by atoms with Crippen LogP contribution in [0.4, 0.5) is 0 Å². The first kappa shape index (κ1) is 17.2. The van der Waals surface area contributed by atoms with Crippen LogP contribution in [0.5, 0.6) is 0 Å². The maximum absolute atomic E-state index is 12.3. The average molecular weight is 359 g/mol. The molecule has 6 heteroatoms. The largest absolute Gasteiger partial charge is 0.309 e. The Hall–Kier alpha value is -3.25. The minimum Gasteiger partial charge on any atom is -0.309 e. The Labute approximate surface area is 157 Å². The van der Waals surface area contributed by atoms with Crippen LogP contribution in [0.2, 0.25) is 0 Å². The van der Waals surface area contributed by atoms with Gasteiger partial charge in [0.2, 0.25) is 0 Å². The van der Waals surface area contributed by atoms with Crippen molar-refractivity contribution in [2.75, 3.05) is 6.54 Å². The van der Waals surface area contributed by atoms with E-state index in [0.29, 0.717) is 17.8 Å². The molecule has 0 aliphatic carbocycles. The van der Waals surface area contributed by atoms with Gasteiger partial charge in [-0.25, -0.2) is 9.67 Å². The zero-order valence-corrected chi connectivity index (χ0v) is 15.2. The molecule has 0 unspecified atom stereocenters. The summed E-state index contributed by atoms with van der Waals surface area (Å²) in [4.78, 5) is 22.0. The first-order valence-electron chi connectivity index (χ1n) is 9.02. The van der Waals surface area contributed by atoms with Gasteiger partial charge in [-0.1, -0.05) is 37.3 Å². The average Bonchev–Trinajstić information content (AvgIpc) is 3.17. The molecule has 0 radical (unpaired) electrons. The zero-order chi connectivity index (χ0) is 18.6. The molecule has 0 saturated heterocycles. The van der Waals surface area contributed by atoms with E-state index in [4.69, 9.17) is 0 Å². The summed E-state index contributed by atoms with van der Waals surface area (Å²) in [6, 6.07) is 17.4. The summed E-state index contributed by atoms with van der Waals surface area (Å²) in [6.07, 6.45) is 3.92. The van der Waals surface area contributed by atoms with Gasteiger partial charge in [-0.3, -0.25) is 9.69 Å². The molecule has 0 aliphatic rings. The molecule has 4 aromatic rings. The highest BCUT2D eigenvalue weighted by Crippen LogP contribution is 2.12. The first-order chi connectivity index (χ1) is 13.2. The summed E-state index contributed by atoms with van der Waals surface area (Å²) in [7, 11) is 0. The molecule has 0 aliphatic heterocycles. The van der Waals surface area contributed by atoms with Gasteiger partial charge in [0.1, 0.15) is 5.82 Å². The van der Waals surface area contributed by atoms with Crippen molar-refractivity contribution >= 4 is 10.9 Å². The minimum atomic E-state index is -0.0939. The minimum absolute atomic E-state index is 0.0939. The summed E-state index contributed by atoms with van der Waals surface area (Å²) in [5.41, 5.74) is 2.78. The summed E-state index contributed by atoms with van der Waals surface area (Å²) >= 11 is 0. The predicted octanol–water partition coefficient (Wildman–Crippen LogP) is 3.13. The quantitative estimate of drug-likeness (QED) is 0.574. The van der Waals surface area contributed by atoms with Crippen LogP contribution >= 0.6 is 0 Å². The number of nitrogens with zero attached hydrogens (tertiary/aromatic N) is 4. The van der Waals surface area contributed by atoms with Gasteiger partial charge < -0.3 is 4.98 Å². The van der Waals surface area contributed by atoms with E-state index in [1.807, 2.05) is 65.6 Å². The molecule has 2 aromatic carbocycles. The van der Waals surface area contributed by atoms with Crippen molar-refractivity contribution in [3.05, 3.63) is 88.7 Å². The molecular formula is C21H21N5O. The Balaban J connectivity index is 1.52. The van der Waals surface area contributed by atoms with Crippen LogP contribution in [0.1, 0.15) is 18.3 Å². The molecular weight excluding hydrogens is 338 g/mol. The van der Waals surface area contributed by atoms with Gasteiger partial charge in [0.05, 0.1) is 29.3 Å². The van der Waals surface area contributed by atoms with Crippen LogP contribution in [-0.4, -0.2) is 31.2 Å². The zero-order valence-electron chi connectivity index (χ0n) is 15.2. The van der Waals surface area contributed by atoms with Crippen molar-refractivity contribution in [1.82, 2.24) is 24.6 Å². The maximum Gasteiger partial charge on any atom is 0.258 e. The summed E-state index contributed by atoms with van der Waals surface area (Å²) < 4.78 is 1.87. The smallest absolute Gasteiger partial charge is 0.258 e. The Kier molecular flexibility index (Phi) is 4.80. The van der Waals surface area contributed by atoms with E-state index >= 15 is 0 Å². The van der Waals surface area contributed by atoms with E-state index in [9.17, 15) is 4.79 Å². The highest BCUT2D eigenvalue weighted by Gasteiger charge is 2.10. The molecule has 6 nitrogen and oxygen atoms in total.